The van der Waals surface area contributed by atoms with Gasteiger partial charge >= 0.3 is 0 Å². The minimum absolute atomic E-state index is 0.535. The first kappa shape index (κ1) is 13.6. The molecule has 2 aliphatic heterocycles. The lowest BCUT2D eigenvalue weighted by Gasteiger charge is -2.37. The summed E-state index contributed by atoms with van der Waals surface area (Å²) in [6.07, 6.45) is 4.38. The normalized spacial score (nSPS) is 25.0. The molecule has 0 aromatic carbocycles. The number of rotatable bonds is 5. The Kier molecular flexibility index (Phi) is 4.08. The Labute approximate surface area is 120 Å². The Balaban J connectivity index is 1.77. The van der Waals surface area contributed by atoms with Crippen LogP contribution in [0.4, 0.5) is 11.5 Å². The van der Waals surface area contributed by atoms with Crippen molar-refractivity contribution in [2.24, 2.45) is 0 Å². The number of morpholine rings is 1. The van der Waals surface area contributed by atoms with Gasteiger partial charge in [-0.25, -0.2) is 4.98 Å². The predicted octanol–water partition coefficient (Wildman–Crippen LogP) is 1.53. The van der Waals surface area contributed by atoms with E-state index < -0.39 is 0 Å². The molecule has 3 heterocycles. The molecule has 5 nitrogen and oxygen atoms in total. The van der Waals surface area contributed by atoms with Gasteiger partial charge in [0.15, 0.2) is 0 Å². The molecule has 3 rings (SSSR count). The van der Waals surface area contributed by atoms with Gasteiger partial charge in [0.05, 0.1) is 31.9 Å². The molecule has 0 radical (unpaired) electrons. The number of fused-ring (bicyclic) bond motifs is 2. The molecule has 0 N–H and O–H groups in total. The number of hydrogen-bond acceptors (Lipinski definition) is 5. The van der Waals surface area contributed by atoms with Gasteiger partial charge in [0.25, 0.3) is 0 Å². The van der Waals surface area contributed by atoms with Gasteiger partial charge in [0, 0.05) is 38.7 Å². The van der Waals surface area contributed by atoms with Crippen molar-refractivity contribution >= 4 is 11.5 Å². The summed E-state index contributed by atoms with van der Waals surface area (Å²) >= 11 is 0. The molecule has 2 unspecified atom stereocenters. The third-order valence-corrected chi connectivity index (χ3v) is 4.29. The second kappa shape index (κ2) is 5.97. The van der Waals surface area contributed by atoms with Crippen LogP contribution in [0, 0.1) is 0 Å². The molecule has 110 valence electrons. The van der Waals surface area contributed by atoms with Gasteiger partial charge in [0.2, 0.25) is 0 Å². The molecule has 5 heteroatoms. The summed E-state index contributed by atoms with van der Waals surface area (Å²) in [4.78, 5) is 9.13. The van der Waals surface area contributed by atoms with Crippen LogP contribution in [0.2, 0.25) is 0 Å². The van der Waals surface area contributed by atoms with E-state index in [2.05, 4.69) is 34.0 Å². The summed E-state index contributed by atoms with van der Waals surface area (Å²) in [6.45, 7) is 3.27. The van der Waals surface area contributed by atoms with Crippen molar-refractivity contribution in [1.82, 2.24) is 4.98 Å². The first-order valence-corrected chi connectivity index (χ1v) is 7.32. The smallest absolute Gasteiger partial charge is 0.130 e. The highest BCUT2D eigenvalue weighted by atomic mass is 16.5. The second-order valence-electron chi connectivity index (χ2n) is 5.62. The van der Waals surface area contributed by atoms with Crippen molar-refractivity contribution < 1.29 is 9.47 Å². The second-order valence-corrected chi connectivity index (χ2v) is 5.62. The molecule has 2 aliphatic rings. The summed E-state index contributed by atoms with van der Waals surface area (Å²) in [7, 11) is 3.78. The van der Waals surface area contributed by atoms with Crippen LogP contribution in [0.1, 0.15) is 12.8 Å². The monoisotopic (exact) mass is 277 g/mol. The predicted molar refractivity (Wildman–Crippen MR) is 79.5 cm³/mol. The molecule has 0 spiro atoms. The van der Waals surface area contributed by atoms with Crippen LogP contribution in [-0.2, 0) is 9.47 Å². The summed E-state index contributed by atoms with van der Waals surface area (Å²) < 4.78 is 10.8. The zero-order chi connectivity index (χ0) is 13.9. The van der Waals surface area contributed by atoms with E-state index in [1.54, 1.807) is 7.11 Å². The van der Waals surface area contributed by atoms with E-state index in [4.69, 9.17) is 9.47 Å². The molecule has 1 aromatic rings. The molecule has 2 bridgehead atoms. The van der Waals surface area contributed by atoms with E-state index in [1.807, 2.05) is 6.20 Å². The molecule has 0 amide bonds. The van der Waals surface area contributed by atoms with Crippen LogP contribution in [0.25, 0.3) is 0 Å². The van der Waals surface area contributed by atoms with Crippen LogP contribution < -0.4 is 9.80 Å². The van der Waals surface area contributed by atoms with Crippen LogP contribution >= 0.6 is 0 Å². The lowest BCUT2D eigenvalue weighted by Crippen LogP contribution is -2.46. The fraction of sp³-hybridized carbons (Fsp3) is 0.667. The van der Waals surface area contributed by atoms with Crippen molar-refractivity contribution in [3.05, 3.63) is 18.3 Å². The largest absolute Gasteiger partial charge is 0.383 e. The van der Waals surface area contributed by atoms with Crippen LogP contribution in [0.15, 0.2) is 18.3 Å². The van der Waals surface area contributed by atoms with Gasteiger partial charge in [-0.1, -0.05) is 0 Å². The highest BCUT2D eigenvalue weighted by molar-refractivity contribution is 5.57. The third kappa shape index (κ3) is 2.60. The van der Waals surface area contributed by atoms with Crippen LogP contribution in [0.3, 0.4) is 0 Å². The van der Waals surface area contributed by atoms with E-state index in [9.17, 15) is 0 Å². The zero-order valence-corrected chi connectivity index (χ0v) is 12.3. The SMILES string of the molecule is COCCN(C)c1cc(N2C3CCC2COC3)ccn1. The fourth-order valence-electron chi connectivity index (χ4n) is 3.17. The number of hydrogen-bond donors (Lipinski definition) is 0. The average molecular weight is 277 g/mol. The highest BCUT2D eigenvalue weighted by Gasteiger charge is 2.37. The summed E-state index contributed by atoms with van der Waals surface area (Å²) in [5.41, 5.74) is 1.27. The van der Waals surface area contributed by atoms with Gasteiger partial charge in [-0.2, -0.15) is 0 Å². The van der Waals surface area contributed by atoms with E-state index in [-0.39, 0.29) is 0 Å². The topological polar surface area (TPSA) is 37.8 Å². The Morgan fingerprint density at radius 2 is 2.15 bits per heavy atom. The maximum atomic E-state index is 5.65. The van der Waals surface area contributed by atoms with E-state index in [0.29, 0.717) is 18.7 Å². The Hall–Kier alpha value is -1.33. The summed E-state index contributed by atoms with van der Waals surface area (Å²) in [5.74, 6) is 1.01. The number of anilines is 2. The first-order chi connectivity index (χ1) is 9.79. The number of nitrogens with zero attached hydrogens (tertiary/aromatic N) is 3. The highest BCUT2D eigenvalue weighted by Crippen LogP contribution is 2.34. The molecule has 2 atom stereocenters. The molecule has 1 aromatic heterocycles. The zero-order valence-electron chi connectivity index (χ0n) is 12.3. The van der Waals surface area contributed by atoms with E-state index >= 15 is 0 Å². The van der Waals surface area contributed by atoms with Crippen LogP contribution in [0.5, 0.6) is 0 Å². The third-order valence-electron chi connectivity index (χ3n) is 4.29. The molecular weight excluding hydrogens is 254 g/mol. The van der Waals surface area contributed by atoms with Crippen molar-refractivity contribution in [3.63, 3.8) is 0 Å². The van der Waals surface area contributed by atoms with Gasteiger partial charge in [-0.3, -0.25) is 0 Å². The van der Waals surface area contributed by atoms with Gasteiger partial charge < -0.3 is 19.3 Å². The maximum Gasteiger partial charge on any atom is 0.130 e. The number of likely N-dealkylation sites (N-methyl/N-ethyl adjacent to an activating group) is 1. The quantitative estimate of drug-likeness (QED) is 0.816. The van der Waals surface area contributed by atoms with E-state index in [1.165, 1.54) is 18.5 Å². The maximum absolute atomic E-state index is 5.65. The number of pyridine rings is 1. The minimum Gasteiger partial charge on any atom is -0.383 e. The lowest BCUT2D eigenvalue weighted by molar-refractivity contribution is 0.0906. The van der Waals surface area contributed by atoms with Crippen molar-refractivity contribution in [1.29, 1.82) is 0 Å². The number of methoxy groups -OCH3 is 1. The van der Waals surface area contributed by atoms with Crippen molar-refractivity contribution in [3.8, 4) is 0 Å². The molecular formula is C15H23N3O2. The molecule has 0 saturated carbocycles. The molecule has 2 fully saturated rings. The Morgan fingerprint density at radius 1 is 1.40 bits per heavy atom. The number of ether oxygens (including phenoxy) is 2. The molecule has 2 saturated heterocycles. The number of aromatic nitrogens is 1. The first-order valence-electron chi connectivity index (χ1n) is 7.32. The standard InChI is InChI=1S/C15H23N3O2/c1-17(7-8-19-2)15-9-12(5-6-16-15)18-13-3-4-14(18)11-20-10-13/h5-6,9,13-14H,3-4,7-8,10-11H2,1-2H3. The van der Waals surface area contributed by atoms with E-state index in [0.717, 1.165) is 25.6 Å². The molecule has 0 aliphatic carbocycles. The molecule has 20 heavy (non-hydrogen) atoms. The Bertz CT molecular complexity index is 438. The van der Waals surface area contributed by atoms with Gasteiger partial charge in [-0.15, -0.1) is 0 Å². The van der Waals surface area contributed by atoms with Gasteiger partial charge in [0.1, 0.15) is 5.82 Å². The van der Waals surface area contributed by atoms with Gasteiger partial charge in [-0.05, 0) is 18.9 Å². The van der Waals surface area contributed by atoms with Crippen molar-refractivity contribution in [2.45, 2.75) is 24.9 Å². The summed E-state index contributed by atoms with van der Waals surface area (Å²) in [6, 6.07) is 5.37. The fourth-order valence-corrected chi connectivity index (χ4v) is 3.17. The Morgan fingerprint density at radius 3 is 2.85 bits per heavy atom. The van der Waals surface area contributed by atoms with Crippen molar-refractivity contribution in [2.75, 3.05) is 50.3 Å². The average Bonchev–Trinajstić information content (AvgIpc) is 2.74. The van der Waals surface area contributed by atoms with Crippen LogP contribution in [-0.4, -0.2) is 57.6 Å². The minimum atomic E-state index is 0.535. The summed E-state index contributed by atoms with van der Waals surface area (Å²) in [5, 5.41) is 0. The lowest BCUT2D eigenvalue weighted by atomic mass is 10.2.